The summed E-state index contributed by atoms with van der Waals surface area (Å²) in [5, 5.41) is 0. The second-order valence-corrected chi connectivity index (χ2v) is 11.4. The van der Waals surface area contributed by atoms with Gasteiger partial charge in [0.25, 0.3) is 0 Å². The summed E-state index contributed by atoms with van der Waals surface area (Å²) >= 11 is 0. The number of nitrogens with zero attached hydrogens (tertiary/aromatic N) is 2. The summed E-state index contributed by atoms with van der Waals surface area (Å²) in [7, 11) is -1.50. The molecule has 0 spiro atoms. The maximum Gasteiger partial charge on any atom is 0.410 e. The summed E-state index contributed by atoms with van der Waals surface area (Å²) in [4.78, 5) is 28.5. The number of carbonyl (C=O) groups excluding carboxylic acids is 2. The fraction of sp³-hybridized carbons (Fsp3) is 0.652. The van der Waals surface area contributed by atoms with Crippen LogP contribution >= 0.6 is 0 Å². The van der Waals surface area contributed by atoms with Gasteiger partial charge >= 0.3 is 6.09 Å². The van der Waals surface area contributed by atoms with Crippen LogP contribution in [0.3, 0.4) is 0 Å². The zero-order valence-corrected chi connectivity index (χ0v) is 20.6. The molecule has 1 fully saturated rings. The zero-order chi connectivity index (χ0) is 23.9. The Kier molecular flexibility index (Phi) is 8.95. The number of hydrogen-bond donors (Lipinski definition) is 0. The van der Waals surface area contributed by atoms with Gasteiger partial charge in [-0.15, -0.1) is 0 Å². The normalized spacial score (nSPS) is 17.0. The Balaban J connectivity index is 1.73. The Morgan fingerprint density at radius 1 is 1.19 bits per heavy atom. The molecule has 1 heterocycles. The van der Waals surface area contributed by atoms with Crippen molar-refractivity contribution in [3.05, 3.63) is 24.3 Å². The summed E-state index contributed by atoms with van der Waals surface area (Å²) in [6.07, 6.45) is 3.67. The zero-order valence-electron chi connectivity index (χ0n) is 19.8. The minimum atomic E-state index is -3.23. The molecule has 9 heteroatoms. The van der Waals surface area contributed by atoms with Crippen LogP contribution in [0, 0.1) is 5.92 Å². The molecule has 1 aliphatic heterocycles. The molecule has 2 rings (SSSR count). The molecule has 0 aromatic heterocycles. The van der Waals surface area contributed by atoms with E-state index < -0.39 is 15.4 Å². The van der Waals surface area contributed by atoms with E-state index in [0.717, 1.165) is 25.6 Å². The molecule has 1 aliphatic rings. The van der Waals surface area contributed by atoms with Gasteiger partial charge in [-0.1, -0.05) is 0 Å². The maximum absolute atomic E-state index is 12.6. The highest BCUT2D eigenvalue weighted by Crippen LogP contribution is 2.20. The molecule has 180 valence electrons. The molecule has 1 aromatic rings. The number of piperidine rings is 1. The van der Waals surface area contributed by atoms with E-state index in [1.54, 1.807) is 24.1 Å². The van der Waals surface area contributed by atoms with Gasteiger partial charge in [-0.25, -0.2) is 13.2 Å². The molecule has 0 radical (unpaired) electrons. The van der Waals surface area contributed by atoms with E-state index in [4.69, 9.17) is 9.47 Å². The largest absolute Gasteiger partial charge is 0.494 e. The van der Waals surface area contributed by atoms with Crippen LogP contribution in [-0.2, 0) is 19.4 Å². The van der Waals surface area contributed by atoms with E-state index in [-0.39, 0.29) is 22.8 Å². The number of carbonyl (C=O) groups is 2. The lowest BCUT2D eigenvalue weighted by atomic mass is 9.97. The van der Waals surface area contributed by atoms with Gasteiger partial charge in [-0.05, 0) is 70.2 Å². The molecule has 32 heavy (non-hydrogen) atoms. The predicted octanol–water partition coefficient (Wildman–Crippen LogP) is 3.35. The number of amides is 2. The molecule has 1 unspecified atom stereocenters. The number of hydrogen-bond acceptors (Lipinski definition) is 6. The third-order valence-corrected chi connectivity index (χ3v) is 6.29. The highest BCUT2D eigenvalue weighted by Gasteiger charge is 2.27. The van der Waals surface area contributed by atoms with E-state index in [1.165, 1.54) is 12.1 Å². The maximum atomic E-state index is 12.6. The average Bonchev–Trinajstić information content (AvgIpc) is 2.69. The number of ether oxygens (including phenoxy) is 2. The van der Waals surface area contributed by atoms with Gasteiger partial charge in [0.15, 0.2) is 9.84 Å². The summed E-state index contributed by atoms with van der Waals surface area (Å²) in [5.41, 5.74) is -0.530. The molecule has 0 bridgehead atoms. The second-order valence-electron chi connectivity index (χ2n) is 9.40. The van der Waals surface area contributed by atoms with Crippen LogP contribution in [0.4, 0.5) is 4.79 Å². The molecule has 0 N–H and O–H groups in total. The van der Waals surface area contributed by atoms with E-state index >= 15 is 0 Å². The van der Waals surface area contributed by atoms with Crippen molar-refractivity contribution in [1.82, 2.24) is 9.80 Å². The minimum Gasteiger partial charge on any atom is -0.494 e. The molecular weight excluding hydrogens is 432 g/mol. The van der Waals surface area contributed by atoms with Crippen molar-refractivity contribution in [1.29, 1.82) is 0 Å². The summed E-state index contributed by atoms with van der Waals surface area (Å²) in [5.74, 6) is 0.897. The first-order valence-corrected chi connectivity index (χ1v) is 12.9. The average molecular weight is 469 g/mol. The Labute approximate surface area is 191 Å². The highest BCUT2D eigenvalue weighted by molar-refractivity contribution is 7.90. The number of rotatable bonds is 8. The van der Waals surface area contributed by atoms with Crippen molar-refractivity contribution < 1.29 is 27.5 Å². The first-order chi connectivity index (χ1) is 14.8. The third-order valence-electron chi connectivity index (χ3n) is 5.16. The fourth-order valence-corrected chi connectivity index (χ4v) is 4.23. The van der Waals surface area contributed by atoms with Gasteiger partial charge in [0, 0.05) is 39.4 Å². The molecule has 1 atom stereocenters. The lowest BCUT2D eigenvalue weighted by Gasteiger charge is -2.35. The standard InChI is InChI=1S/C23H36N2O6S/c1-23(2,3)31-22(27)24(4)16-18-8-6-14-25(17-18)21(26)9-7-15-30-19-10-12-20(13-11-19)32(5,28)29/h10-13,18H,6-9,14-17H2,1-5H3. The second kappa shape index (κ2) is 11.0. The first-order valence-electron chi connectivity index (χ1n) is 11.0. The SMILES string of the molecule is CN(CC1CCCN(C(=O)CCCOc2ccc(S(C)(=O)=O)cc2)C1)C(=O)OC(C)(C)C. The van der Waals surface area contributed by atoms with Crippen LogP contribution in [0.25, 0.3) is 0 Å². The van der Waals surface area contributed by atoms with Crippen molar-refractivity contribution in [3.8, 4) is 5.75 Å². The minimum absolute atomic E-state index is 0.0886. The van der Waals surface area contributed by atoms with Gasteiger partial charge in [0.05, 0.1) is 11.5 Å². The van der Waals surface area contributed by atoms with Crippen molar-refractivity contribution in [2.45, 2.75) is 57.0 Å². The van der Waals surface area contributed by atoms with Crippen molar-refractivity contribution in [3.63, 3.8) is 0 Å². The van der Waals surface area contributed by atoms with Gasteiger partial charge < -0.3 is 19.3 Å². The van der Waals surface area contributed by atoms with Crippen molar-refractivity contribution in [2.24, 2.45) is 5.92 Å². The van der Waals surface area contributed by atoms with Gasteiger partial charge in [-0.2, -0.15) is 0 Å². The smallest absolute Gasteiger partial charge is 0.410 e. The molecule has 8 nitrogen and oxygen atoms in total. The molecule has 1 aromatic carbocycles. The van der Waals surface area contributed by atoms with Crippen LogP contribution in [0.5, 0.6) is 5.75 Å². The van der Waals surface area contributed by atoms with Crippen LogP contribution in [-0.4, -0.2) is 75.4 Å². The predicted molar refractivity (Wildman–Crippen MR) is 122 cm³/mol. The Morgan fingerprint density at radius 3 is 2.44 bits per heavy atom. The van der Waals surface area contributed by atoms with Gasteiger partial charge in [0.1, 0.15) is 11.4 Å². The Bertz CT molecular complexity index is 877. The first kappa shape index (κ1) is 26.0. The molecular formula is C23H36N2O6S. The molecule has 2 amide bonds. The lowest BCUT2D eigenvalue weighted by molar-refractivity contribution is -0.133. The van der Waals surface area contributed by atoms with E-state index in [2.05, 4.69) is 0 Å². The topological polar surface area (TPSA) is 93.2 Å². The summed E-state index contributed by atoms with van der Waals surface area (Å²) < 4.78 is 34.0. The van der Waals surface area contributed by atoms with Crippen molar-refractivity contribution in [2.75, 3.05) is 39.5 Å². The van der Waals surface area contributed by atoms with Crippen molar-refractivity contribution >= 4 is 21.8 Å². The van der Waals surface area contributed by atoms with Crippen LogP contribution in [0.1, 0.15) is 46.5 Å². The van der Waals surface area contributed by atoms with E-state index in [9.17, 15) is 18.0 Å². The summed E-state index contributed by atoms with van der Waals surface area (Å²) in [6.45, 7) is 7.84. The number of sulfone groups is 1. The van der Waals surface area contributed by atoms with Gasteiger partial charge in [0.2, 0.25) is 5.91 Å². The number of benzene rings is 1. The van der Waals surface area contributed by atoms with E-state index in [1.807, 2.05) is 25.7 Å². The monoisotopic (exact) mass is 468 g/mol. The molecule has 1 saturated heterocycles. The van der Waals surface area contributed by atoms with Crippen LogP contribution < -0.4 is 4.74 Å². The highest BCUT2D eigenvalue weighted by atomic mass is 32.2. The summed E-state index contributed by atoms with van der Waals surface area (Å²) in [6, 6.07) is 6.26. The number of likely N-dealkylation sites (tertiary alicyclic amines) is 1. The Morgan fingerprint density at radius 2 is 1.84 bits per heavy atom. The van der Waals surface area contributed by atoms with Crippen LogP contribution in [0.2, 0.25) is 0 Å². The lowest BCUT2D eigenvalue weighted by Crippen LogP contribution is -2.45. The molecule has 0 saturated carbocycles. The Hall–Kier alpha value is -2.29. The molecule has 0 aliphatic carbocycles. The van der Waals surface area contributed by atoms with Crippen LogP contribution in [0.15, 0.2) is 29.2 Å². The fourth-order valence-electron chi connectivity index (χ4n) is 3.60. The van der Waals surface area contributed by atoms with E-state index in [0.29, 0.717) is 38.3 Å². The third kappa shape index (κ3) is 8.68. The van der Waals surface area contributed by atoms with Gasteiger partial charge in [-0.3, -0.25) is 4.79 Å². The quantitative estimate of drug-likeness (QED) is 0.543.